The first-order valence-corrected chi connectivity index (χ1v) is 5.17. The molecule has 2 fully saturated rings. The highest BCUT2D eigenvalue weighted by Gasteiger charge is 2.33. The SMILES string of the molecule is CC1(CNC2CCOC2=O)CCOC1. The molecule has 0 aliphatic carbocycles. The van der Waals surface area contributed by atoms with E-state index in [2.05, 4.69) is 12.2 Å². The van der Waals surface area contributed by atoms with Crippen LogP contribution in [-0.2, 0) is 14.3 Å². The summed E-state index contributed by atoms with van der Waals surface area (Å²) in [5.41, 5.74) is 0.197. The van der Waals surface area contributed by atoms with Gasteiger partial charge < -0.3 is 14.8 Å². The molecule has 2 aliphatic heterocycles. The molecule has 0 aromatic rings. The molecule has 0 aromatic carbocycles. The molecule has 4 heteroatoms. The van der Waals surface area contributed by atoms with Crippen molar-refractivity contribution in [3.63, 3.8) is 0 Å². The first kappa shape index (κ1) is 9.93. The summed E-state index contributed by atoms with van der Waals surface area (Å²) >= 11 is 0. The topological polar surface area (TPSA) is 47.6 Å². The van der Waals surface area contributed by atoms with Gasteiger partial charge in [0.1, 0.15) is 6.04 Å². The molecular weight excluding hydrogens is 182 g/mol. The molecule has 0 saturated carbocycles. The Hall–Kier alpha value is -0.610. The minimum atomic E-state index is -0.104. The molecule has 2 saturated heterocycles. The zero-order chi connectivity index (χ0) is 10.0. The van der Waals surface area contributed by atoms with Gasteiger partial charge in [-0.1, -0.05) is 6.92 Å². The Morgan fingerprint density at radius 2 is 2.43 bits per heavy atom. The van der Waals surface area contributed by atoms with Crippen molar-refractivity contribution < 1.29 is 14.3 Å². The van der Waals surface area contributed by atoms with E-state index in [-0.39, 0.29) is 17.4 Å². The van der Waals surface area contributed by atoms with E-state index in [1.807, 2.05) is 0 Å². The molecule has 2 atom stereocenters. The van der Waals surface area contributed by atoms with Crippen molar-refractivity contribution in [2.24, 2.45) is 5.41 Å². The second-order valence-electron chi connectivity index (χ2n) is 4.50. The fraction of sp³-hybridized carbons (Fsp3) is 0.900. The van der Waals surface area contributed by atoms with E-state index in [1.54, 1.807) is 0 Å². The van der Waals surface area contributed by atoms with Crippen LogP contribution in [0, 0.1) is 5.41 Å². The van der Waals surface area contributed by atoms with Gasteiger partial charge in [-0.05, 0) is 6.42 Å². The van der Waals surface area contributed by atoms with Crippen molar-refractivity contribution in [3.8, 4) is 0 Å². The maximum atomic E-state index is 11.2. The van der Waals surface area contributed by atoms with Crippen LogP contribution in [-0.4, -0.2) is 38.4 Å². The minimum absolute atomic E-state index is 0.0903. The Balaban J connectivity index is 1.78. The highest BCUT2D eigenvalue weighted by atomic mass is 16.5. The van der Waals surface area contributed by atoms with Gasteiger partial charge in [0, 0.05) is 25.0 Å². The summed E-state index contributed by atoms with van der Waals surface area (Å²) in [4.78, 5) is 11.2. The standard InChI is InChI=1S/C10H17NO3/c1-10(3-5-13-7-10)6-11-8-2-4-14-9(8)12/h8,11H,2-7H2,1H3. The van der Waals surface area contributed by atoms with Crippen LogP contribution in [0.3, 0.4) is 0 Å². The third-order valence-corrected chi connectivity index (χ3v) is 3.01. The lowest BCUT2D eigenvalue weighted by molar-refractivity contribution is -0.139. The lowest BCUT2D eigenvalue weighted by atomic mass is 9.90. The van der Waals surface area contributed by atoms with Gasteiger partial charge in [0.05, 0.1) is 13.2 Å². The second kappa shape index (κ2) is 3.87. The number of cyclic esters (lactones) is 1. The summed E-state index contributed by atoms with van der Waals surface area (Å²) in [7, 11) is 0. The summed E-state index contributed by atoms with van der Waals surface area (Å²) in [6, 6.07) is -0.0903. The highest BCUT2D eigenvalue weighted by Crippen LogP contribution is 2.27. The lowest BCUT2D eigenvalue weighted by Gasteiger charge is -2.23. The molecule has 0 aromatic heterocycles. The van der Waals surface area contributed by atoms with Gasteiger partial charge in [-0.3, -0.25) is 4.79 Å². The summed E-state index contributed by atoms with van der Waals surface area (Å²) < 4.78 is 10.2. The van der Waals surface area contributed by atoms with Gasteiger partial charge in [0.25, 0.3) is 0 Å². The number of carbonyl (C=O) groups excluding carboxylic acids is 1. The number of hydrogen-bond acceptors (Lipinski definition) is 4. The van der Waals surface area contributed by atoms with E-state index in [1.165, 1.54) is 0 Å². The second-order valence-corrected chi connectivity index (χ2v) is 4.50. The van der Waals surface area contributed by atoms with Crippen LogP contribution in [0.25, 0.3) is 0 Å². The Labute approximate surface area is 84.0 Å². The van der Waals surface area contributed by atoms with E-state index in [0.717, 1.165) is 32.6 Å². The molecule has 1 N–H and O–H groups in total. The predicted molar refractivity (Wildman–Crippen MR) is 50.9 cm³/mol. The van der Waals surface area contributed by atoms with Gasteiger partial charge in [-0.15, -0.1) is 0 Å². The van der Waals surface area contributed by atoms with Gasteiger partial charge >= 0.3 is 5.97 Å². The molecule has 14 heavy (non-hydrogen) atoms. The van der Waals surface area contributed by atoms with Crippen molar-refractivity contribution in [1.29, 1.82) is 0 Å². The smallest absolute Gasteiger partial charge is 0.323 e. The van der Waals surface area contributed by atoms with Crippen LogP contribution in [0.1, 0.15) is 19.8 Å². The van der Waals surface area contributed by atoms with E-state index in [4.69, 9.17) is 9.47 Å². The van der Waals surface area contributed by atoms with Crippen molar-refractivity contribution in [3.05, 3.63) is 0 Å². The van der Waals surface area contributed by atoms with Gasteiger partial charge in [0.2, 0.25) is 0 Å². The molecule has 0 spiro atoms. The number of ether oxygens (including phenoxy) is 2. The molecule has 2 unspecified atom stereocenters. The third-order valence-electron chi connectivity index (χ3n) is 3.01. The van der Waals surface area contributed by atoms with Crippen molar-refractivity contribution in [2.75, 3.05) is 26.4 Å². The lowest BCUT2D eigenvalue weighted by Crippen LogP contribution is -2.40. The van der Waals surface area contributed by atoms with Crippen molar-refractivity contribution in [1.82, 2.24) is 5.32 Å². The minimum Gasteiger partial charge on any atom is -0.464 e. The maximum Gasteiger partial charge on any atom is 0.323 e. The number of nitrogens with one attached hydrogen (secondary N) is 1. The van der Waals surface area contributed by atoms with Crippen LogP contribution in [0.2, 0.25) is 0 Å². The zero-order valence-corrected chi connectivity index (χ0v) is 8.54. The number of esters is 1. The van der Waals surface area contributed by atoms with Crippen LogP contribution < -0.4 is 5.32 Å². The average molecular weight is 199 g/mol. The zero-order valence-electron chi connectivity index (χ0n) is 8.54. The quantitative estimate of drug-likeness (QED) is 0.665. The summed E-state index contributed by atoms with van der Waals surface area (Å²) in [5, 5.41) is 3.26. The molecular formula is C10H17NO3. The molecule has 2 aliphatic rings. The van der Waals surface area contributed by atoms with E-state index in [9.17, 15) is 4.79 Å². The first-order valence-electron chi connectivity index (χ1n) is 5.17. The molecule has 4 nitrogen and oxygen atoms in total. The highest BCUT2D eigenvalue weighted by molar-refractivity contribution is 5.77. The number of hydrogen-bond donors (Lipinski definition) is 1. The first-order chi connectivity index (χ1) is 6.70. The number of carbonyl (C=O) groups is 1. The molecule has 2 heterocycles. The van der Waals surface area contributed by atoms with Gasteiger partial charge in [-0.25, -0.2) is 0 Å². The molecule has 0 amide bonds. The Morgan fingerprint density at radius 3 is 3.00 bits per heavy atom. The summed E-state index contributed by atoms with van der Waals surface area (Å²) in [6.45, 7) is 5.22. The van der Waals surface area contributed by atoms with Crippen LogP contribution in [0.4, 0.5) is 0 Å². The molecule has 0 radical (unpaired) electrons. The Morgan fingerprint density at radius 1 is 1.57 bits per heavy atom. The predicted octanol–water partition coefficient (Wildman–Crippen LogP) is 0.318. The summed E-state index contributed by atoms with van der Waals surface area (Å²) in [5.74, 6) is -0.104. The van der Waals surface area contributed by atoms with E-state index >= 15 is 0 Å². The fourth-order valence-corrected chi connectivity index (χ4v) is 1.90. The molecule has 80 valence electrons. The number of rotatable bonds is 3. The van der Waals surface area contributed by atoms with Gasteiger partial charge in [-0.2, -0.15) is 0 Å². The Bertz CT molecular complexity index is 223. The fourth-order valence-electron chi connectivity index (χ4n) is 1.90. The van der Waals surface area contributed by atoms with Crippen LogP contribution in [0.15, 0.2) is 0 Å². The van der Waals surface area contributed by atoms with Crippen LogP contribution >= 0.6 is 0 Å². The molecule has 0 bridgehead atoms. The van der Waals surface area contributed by atoms with E-state index in [0.29, 0.717) is 6.61 Å². The summed E-state index contributed by atoms with van der Waals surface area (Å²) in [6.07, 6.45) is 1.87. The average Bonchev–Trinajstić information content (AvgIpc) is 2.73. The monoisotopic (exact) mass is 199 g/mol. The van der Waals surface area contributed by atoms with E-state index < -0.39 is 0 Å². The van der Waals surface area contributed by atoms with Crippen molar-refractivity contribution in [2.45, 2.75) is 25.8 Å². The van der Waals surface area contributed by atoms with Crippen LogP contribution in [0.5, 0.6) is 0 Å². The van der Waals surface area contributed by atoms with Crippen molar-refractivity contribution >= 4 is 5.97 Å². The molecule has 2 rings (SSSR count). The third kappa shape index (κ3) is 2.07. The maximum absolute atomic E-state index is 11.2. The Kier molecular flexibility index (Phi) is 2.74. The largest absolute Gasteiger partial charge is 0.464 e. The normalized spacial score (nSPS) is 37.5. The van der Waals surface area contributed by atoms with Gasteiger partial charge in [0.15, 0.2) is 0 Å².